The Morgan fingerprint density at radius 2 is 2.15 bits per heavy atom. The van der Waals surface area contributed by atoms with Crippen molar-refractivity contribution < 1.29 is 14.6 Å². The first kappa shape index (κ1) is 16.2. The number of hydrogen-bond donors (Lipinski definition) is 1. The minimum Gasteiger partial charge on any atom is -0.496 e. The second-order valence-electron chi connectivity index (χ2n) is 5.33. The van der Waals surface area contributed by atoms with Crippen molar-refractivity contribution in [3.8, 4) is 5.75 Å². The maximum atomic E-state index is 10.6. The van der Waals surface area contributed by atoms with Gasteiger partial charge in [-0.2, -0.15) is 0 Å². The van der Waals surface area contributed by atoms with Crippen molar-refractivity contribution in [2.45, 2.75) is 20.4 Å². The predicted octanol–water partition coefficient (Wildman–Crippen LogP) is 2.88. The van der Waals surface area contributed by atoms with Gasteiger partial charge in [0.05, 0.1) is 7.11 Å². The van der Waals surface area contributed by atoms with E-state index in [0.717, 1.165) is 36.0 Å². The molecule has 1 aromatic carbocycles. The standard InChI is InChI=1S/C16H23NO3/c1-12(2)10-17(3)11-14-9-13(6-8-16(18)19)5-7-15(14)20-4/h5-9,12H,10-11H2,1-4H3,(H,18,19). The maximum absolute atomic E-state index is 10.6. The number of aliphatic carboxylic acids is 1. The van der Waals surface area contributed by atoms with Crippen molar-refractivity contribution in [2.75, 3.05) is 20.7 Å². The van der Waals surface area contributed by atoms with Crippen molar-refractivity contribution in [2.24, 2.45) is 5.92 Å². The summed E-state index contributed by atoms with van der Waals surface area (Å²) < 4.78 is 5.36. The third-order valence-corrected chi connectivity index (χ3v) is 2.84. The Morgan fingerprint density at radius 3 is 2.70 bits per heavy atom. The van der Waals surface area contributed by atoms with Crippen LogP contribution in [0.3, 0.4) is 0 Å². The third kappa shape index (κ3) is 5.45. The summed E-state index contributed by atoms with van der Waals surface area (Å²) in [4.78, 5) is 12.8. The second-order valence-corrected chi connectivity index (χ2v) is 5.33. The number of carbonyl (C=O) groups is 1. The van der Waals surface area contributed by atoms with E-state index < -0.39 is 5.97 Å². The van der Waals surface area contributed by atoms with Crippen LogP contribution in [0.4, 0.5) is 0 Å². The smallest absolute Gasteiger partial charge is 0.328 e. The van der Waals surface area contributed by atoms with Gasteiger partial charge in [-0.15, -0.1) is 0 Å². The molecule has 0 unspecified atom stereocenters. The summed E-state index contributed by atoms with van der Waals surface area (Å²) in [6.07, 6.45) is 2.73. The zero-order valence-electron chi connectivity index (χ0n) is 12.6. The van der Waals surface area contributed by atoms with Crippen molar-refractivity contribution in [1.82, 2.24) is 4.90 Å². The first-order valence-electron chi connectivity index (χ1n) is 6.68. The van der Waals surface area contributed by atoms with Gasteiger partial charge in [0.2, 0.25) is 0 Å². The number of nitrogens with zero attached hydrogens (tertiary/aromatic N) is 1. The Balaban J connectivity index is 2.91. The fraction of sp³-hybridized carbons (Fsp3) is 0.438. The molecule has 20 heavy (non-hydrogen) atoms. The van der Waals surface area contributed by atoms with Crippen LogP contribution in [0.15, 0.2) is 24.3 Å². The molecule has 1 aromatic rings. The van der Waals surface area contributed by atoms with E-state index in [1.807, 2.05) is 18.2 Å². The first-order valence-corrected chi connectivity index (χ1v) is 6.68. The normalized spacial score (nSPS) is 11.5. The molecule has 0 bridgehead atoms. The van der Waals surface area contributed by atoms with Crippen molar-refractivity contribution in [3.05, 3.63) is 35.4 Å². The monoisotopic (exact) mass is 277 g/mol. The van der Waals surface area contributed by atoms with Gasteiger partial charge < -0.3 is 14.7 Å². The predicted molar refractivity (Wildman–Crippen MR) is 80.8 cm³/mol. The molecule has 0 spiro atoms. The summed E-state index contributed by atoms with van der Waals surface area (Å²) in [6, 6.07) is 5.69. The molecular formula is C16H23NO3. The van der Waals surface area contributed by atoms with Crippen LogP contribution >= 0.6 is 0 Å². The van der Waals surface area contributed by atoms with Crippen LogP contribution in [0, 0.1) is 5.92 Å². The van der Waals surface area contributed by atoms with Crippen LogP contribution in [0.25, 0.3) is 6.08 Å². The fourth-order valence-corrected chi connectivity index (χ4v) is 2.17. The molecule has 0 saturated carbocycles. The van der Waals surface area contributed by atoms with Gasteiger partial charge in [0, 0.05) is 24.7 Å². The van der Waals surface area contributed by atoms with Crippen LogP contribution in [-0.2, 0) is 11.3 Å². The van der Waals surface area contributed by atoms with Crippen molar-refractivity contribution in [1.29, 1.82) is 0 Å². The lowest BCUT2D eigenvalue weighted by Crippen LogP contribution is -2.23. The highest BCUT2D eigenvalue weighted by molar-refractivity contribution is 5.85. The van der Waals surface area contributed by atoms with E-state index in [9.17, 15) is 4.79 Å². The zero-order valence-corrected chi connectivity index (χ0v) is 12.6. The topological polar surface area (TPSA) is 49.8 Å². The molecule has 0 radical (unpaired) electrons. The van der Waals surface area contributed by atoms with E-state index in [1.165, 1.54) is 0 Å². The molecule has 0 aliphatic rings. The fourth-order valence-electron chi connectivity index (χ4n) is 2.17. The lowest BCUT2D eigenvalue weighted by molar-refractivity contribution is -0.131. The molecule has 1 N–H and O–H groups in total. The van der Waals surface area contributed by atoms with E-state index in [4.69, 9.17) is 9.84 Å². The van der Waals surface area contributed by atoms with E-state index >= 15 is 0 Å². The van der Waals surface area contributed by atoms with Gasteiger partial charge in [-0.05, 0) is 36.7 Å². The summed E-state index contributed by atoms with van der Waals surface area (Å²) in [5, 5.41) is 8.67. The minimum atomic E-state index is -0.945. The molecule has 4 heteroatoms. The van der Waals surface area contributed by atoms with Crippen molar-refractivity contribution in [3.63, 3.8) is 0 Å². The molecule has 0 amide bonds. The molecular weight excluding hydrogens is 254 g/mol. The molecule has 1 rings (SSSR count). The molecule has 0 atom stereocenters. The summed E-state index contributed by atoms with van der Waals surface area (Å²) in [6.45, 7) is 6.13. The Bertz CT molecular complexity index is 481. The zero-order chi connectivity index (χ0) is 15.1. The van der Waals surface area contributed by atoms with E-state index in [-0.39, 0.29) is 0 Å². The molecule has 4 nitrogen and oxygen atoms in total. The number of methoxy groups -OCH3 is 1. The Labute approximate surface area is 120 Å². The average Bonchev–Trinajstić information content (AvgIpc) is 2.35. The number of carboxylic acid groups (broad SMARTS) is 1. The second kappa shape index (κ2) is 7.70. The number of benzene rings is 1. The van der Waals surface area contributed by atoms with Gasteiger partial charge in [-0.25, -0.2) is 4.79 Å². The largest absolute Gasteiger partial charge is 0.496 e. The molecule has 0 aliphatic carbocycles. The maximum Gasteiger partial charge on any atom is 0.328 e. The molecule has 0 heterocycles. The number of ether oxygens (including phenoxy) is 1. The molecule has 0 aliphatic heterocycles. The highest BCUT2D eigenvalue weighted by atomic mass is 16.5. The van der Waals surface area contributed by atoms with Gasteiger partial charge >= 0.3 is 5.97 Å². The Morgan fingerprint density at radius 1 is 1.45 bits per heavy atom. The van der Waals surface area contributed by atoms with Gasteiger partial charge in [-0.1, -0.05) is 19.9 Å². The summed E-state index contributed by atoms with van der Waals surface area (Å²) in [5.41, 5.74) is 1.92. The number of carboxylic acids is 1. The summed E-state index contributed by atoms with van der Waals surface area (Å²) >= 11 is 0. The van der Waals surface area contributed by atoms with Gasteiger partial charge in [-0.3, -0.25) is 0 Å². The number of rotatable bonds is 7. The van der Waals surface area contributed by atoms with Crippen LogP contribution in [0.5, 0.6) is 5.75 Å². The van der Waals surface area contributed by atoms with E-state index in [0.29, 0.717) is 5.92 Å². The van der Waals surface area contributed by atoms with Crippen LogP contribution in [-0.4, -0.2) is 36.7 Å². The van der Waals surface area contributed by atoms with Gasteiger partial charge in [0.1, 0.15) is 5.75 Å². The van der Waals surface area contributed by atoms with Crippen LogP contribution in [0.2, 0.25) is 0 Å². The Kier molecular flexibility index (Phi) is 6.25. The van der Waals surface area contributed by atoms with Crippen molar-refractivity contribution >= 4 is 12.0 Å². The summed E-state index contributed by atoms with van der Waals surface area (Å²) in [7, 11) is 3.72. The van der Waals surface area contributed by atoms with Crippen LogP contribution < -0.4 is 4.74 Å². The lowest BCUT2D eigenvalue weighted by atomic mass is 10.1. The Hall–Kier alpha value is -1.81. The molecule has 0 fully saturated rings. The summed E-state index contributed by atoms with van der Waals surface area (Å²) in [5.74, 6) is 0.480. The lowest BCUT2D eigenvalue weighted by Gasteiger charge is -2.20. The average molecular weight is 277 g/mol. The highest BCUT2D eigenvalue weighted by Crippen LogP contribution is 2.22. The van der Waals surface area contributed by atoms with Gasteiger partial charge in [0.25, 0.3) is 0 Å². The van der Waals surface area contributed by atoms with Gasteiger partial charge in [0.15, 0.2) is 0 Å². The third-order valence-electron chi connectivity index (χ3n) is 2.84. The van der Waals surface area contributed by atoms with E-state index in [1.54, 1.807) is 13.2 Å². The minimum absolute atomic E-state index is 0.598. The molecule has 0 saturated heterocycles. The number of hydrogen-bond acceptors (Lipinski definition) is 3. The highest BCUT2D eigenvalue weighted by Gasteiger charge is 2.08. The van der Waals surface area contributed by atoms with E-state index in [2.05, 4.69) is 25.8 Å². The molecule has 110 valence electrons. The first-order chi connectivity index (χ1) is 9.42. The van der Waals surface area contributed by atoms with Crippen LogP contribution in [0.1, 0.15) is 25.0 Å². The SMILES string of the molecule is COc1ccc(C=CC(=O)O)cc1CN(C)CC(C)C. The molecule has 0 aromatic heterocycles. The quantitative estimate of drug-likeness (QED) is 0.779.